The van der Waals surface area contributed by atoms with Crippen LogP contribution in [0.25, 0.3) is 21.9 Å². The van der Waals surface area contributed by atoms with Gasteiger partial charge in [-0.1, -0.05) is 40.2 Å². The van der Waals surface area contributed by atoms with E-state index in [1.54, 1.807) is 13.2 Å². The minimum atomic E-state index is 0.262. The zero-order valence-corrected chi connectivity index (χ0v) is 12.5. The third-order valence-electron chi connectivity index (χ3n) is 3.33. The highest BCUT2D eigenvalue weighted by Gasteiger charge is 2.09. The molecule has 3 rings (SSSR count). The maximum Gasteiger partial charge on any atom is 0.124 e. The Labute approximate surface area is 125 Å². The molecule has 20 heavy (non-hydrogen) atoms. The molecule has 0 radical (unpaired) electrons. The van der Waals surface area contributed by atoms with Gasteiger partial charge in [0.15, 0.2) is 0 Å². The predicted octanol–water partition coefficient (Wildman–Crippen LogP) is 4.98. The van der Waals surface area contributed by atoms with Crippen LogP contribution in [-0.4, -0.2) is 12.2 Å². The summed E-state index contributed by atoms with van der Waals surface area (Å²) in [6.07, 6.45) is 0. The van der Waals surface area contributed by atoms with Crippen LogP contribution in [0.1, 0.15) is 0 Å². The molecule has 0 heterocycles. The van der Waals surface area contributed by atoms with E-state index in [1.807, 2.05) is 48.5 Å². The molecule has 100 valence electrons. The zero-order valence-electron chi connectivity index (χ0n) is 10.9. The number of hydrogen-bond donors (Lipinski definition) is 1. The van der Waals surface area contributed by atoms with Gasteiger partial charge in [0.25, 0.3) is 0 Å². The monoisotopic (exact) mass is 328 g/mol. The first-order valence-electron chi connectivity index (χ1n) is 6.25. The molecule has 0 saturated heterocycles. The molecule has 0 saturated carbocycles. The normalized spacial score (nSPS) is 10.7. The van der Waals surface area contributed by atoms with E-state index in [4.69, 9.17) is 4.74 Å². The highest BCUT2D eigenvalue weighted by Crippen LogP contribution is 2.37. The van der Waals surface area contributed by atoms with Crippen molar-refractivity contribution in [3.05, 3.63) is 59.1 Å². The average Bonchev–Trinajstić information content (AvgIpc) is 2.47. The van der Waals surface area contributed by atoms with E-state index in [2.05, 4.69) is 15.9 Å². The molecule has 0 aromatic heterocycles. The number of benzene rings is 3. The number of fused-ring (bicyclic) bond motifs is 1. The molecule has 0 aliphatic rings. The van der Waals surface area contributed by atoms with Gasteiger partial charge in [0.2, 0.25) is 0 Å². The van der Waals surface area contributed by atoms with Crippen molar-refractivity contribution < 1.29 is 9.84 Å². The maximum absolute atomic E-state index is 10.3. The lowest BCUT2D eigenvalue weighted by molar-refractivity contribution is 0.415. The SMILES string of the molecule is COc1ccc2cc(-c3ccccc3Br)c(O)cc2c1. The predicted molar refractivity (Wildman–Crippen MR) is 85.3 cm³/mol. The summed E-state index contributed by atoms with van der Waals surface area (Å²) in [6.45, 7) is 0. The molecule has 3 aromatic rings. The number of hydrogen-bond acceptors (Lipinski definition) is 2. The zero-order chi connectivity index (χ0) is 14.1. The van der Waals surface area contributed by atoms with Gasteiger partial charge in [-0.25, -0.2) is 0 Å². The van der Waals surface area contributed by atoms with E-state index in [0.29, 0.717) is 0 Å². The van der Waals surface area contributed by atoms with E-state index in [0.717, 1.165) is 32.1 Å². The Morgan fingerprint density at radius 3 is 2.45 bits per heavy atom. The fourth-order valence-electron chi connectivity index (χ4n) is 2.29. The Hall–Kier alpha value is -2.00. The van der Waals surface area contributed by atoms with Crippen molar-refractivity contribution in [3.63, 3.8) is 0 Å². The molecular formula is C17H13BrO2. The van der Waals surface area contributed by atoms with Gasteiger partial charge in [-0.2, -0.15) is 0 Å². The van der Waals surface area contributed by atoms with Crippen molar-refractivity contribution in [2.45, 2.75) is 0 Å². The lowest BCUT2D eigenvalue weighted by Crippen LogP contribution is -1.85. The molecule has 1 N–H and O–H groups in total. The number of phenols is 1. The summed E-state index contributed by atoms with van der Waals surface area (Å²) in [7, 11) is 1.64. The molecular weight excluding hydrogens is 316 g/mol. The molecule has 0 amide bonds. The summed E-state index contributed by atoms with van der Waals surface area (Å²) in [4.78, 5) is 0. The van der Waals surface area contributed by atoms with E-state index in [9.17, 15) is 5.11 Å². The van der Waals surface area contributed by atoms with Gasteiger partial charge >= 0.3 is 0 Å². The first-order valence-corrected chi connectivity index (χ1v) is 7.04. The molecule has 2 nitrogen and oxygen atoms in total. The van der Waals surface area contributed by atoms with Crippen molar-refractivity contribution in [2.75, 3.05) is 7.11 Å². The van der Waals surface area contributed by atoms with E-state index < -0.39 is 0 Å². The highest BCUT2D eigenvalue weighted by atomic mass is 79.9. The van der Waals surface area contributed by atoms with Gasteiger partial charge in [-0.15, -0.1) is 0 Å². The van der Waals surface area contributed by atoms with E-state index in [-0.39, 0.29) is 5.75 Å². The topological polar surface area (TPSA) is 29.5 Å². The third-order valence-corrected chi connectivity index (χ3v) is 4.02. The maximum atomic E-state index is 10.3. The van der Waals surface area contributed by atoms with Crippen LogP contribution in [0.5, 0.6) is 11.5 Å². The molecule has 0 aliphatic carbocycles. The van der Waals surface area contributed by atoms with Crippen LogP contribution in [0.2, 0.25) is 0 Å². The van der Waals surface area contributed by atoms with E-state index >= 15 is 0 Å². The van der Waals surface area contributed by atoms with Crippen molar-refractivity contribution in [3.8, 4) is 22.6 Å². The van der Waals surface area contributed by atoms with Crippen LogP contribution in [0, 0.1) is 0 Å². The summed E-state index contributed by atoms with van der Waals surface area (Å²) >= 11 is 3.52. The second-order valence-electron chi connectivity index (χ2n) is 4.56. The molecule has 3 heteroatoms. The second kappa shape index (κ2) is 5.17. The number of halogens is 1. The smallest absolute Gasteiger partial charge is 0.124 e. The number of phenolic OH excluding ortho intramolecular Hbond substituents is 1. The molecule has 0 aliphatic heterocycles. The Morgan fingerprint density at radius 2 is 1.70 bits per heavy atom. The summed E-state index contributed by atoms with van der Waals surface area (Å²) in [5.41, 5.74) is 1.79. The lowest BCUT2D eigenvalue weighted by Gasteiger charge is -2.10. The van der Waals surface area contributed by atoms with Crippen molar-refractivity contribution >= 4 is 26.7 Å². The third kappa shape index (κ3) is 2.25. The Kier molecular flexibility index (Phi) is 3.36. The number of aromatic hydroxyl groups is 1. The molecule has 0 fully saturated rings. The van der Waals surface area contributed by atoms with Crippen molar-refractivity contribution in [1.29, 1.82) is 0 Å². The van der Waals surface area contributed by atoms with Crippen LogP contribution in [0.4, 0.5) is 0 Å². The van der Waals surface area contributed by atoms with E-state index in [1.165, 1.54) is 0 Å². The average molecular weight is 329 g/mol. The fourth-order valence-corrected chi connectivity index (χ4v) is 2.78. The van der Waals surface area contributed by atoms with Gasteiger partial charge in [-0.05, 0) is 46.7 Å². The Balaban J connectivity index is 2.23. The minimum absolute atomic E-state index is 0.262. The van der Waals surface area contributed by atoms with Gasteiger partial charge < -0.3 is 9.84 Å². The van der Waals surface area contributed by atoms with Crippen LogP contribution in [0.15, 0.2) is 59.1 Å². The quantitative estimate of drug-likeness (QED) is 0.718. The van der Waals surface area contributed by atoms with Crippen molar-refractivity contribution in [1.82, 2.24) is 0 Å². The molecule has 0 atom stereocenters. The number of methoxy groups -OCH3 is 1. The van der Waals surface area contributed by atoms with Gasteiger partial charge in [0.1, 0.15) is 11.5 Å². The van der Waals surface area contributed by atoms with Gasteiger partial charge in [0, 0.05) is 10.0 Å². The molecule has 3 aromatic carbocycles. The first-order chi connectivity index (χ1) is 9.69. The second-order valence-corrected chi connectivity index (χ2v) is 5.42. The fraction of sp³-hybridized carbons (Fsp3) is 0.0588. The van der Waals surface area contributed by atoms with Crippen LogP contribution in [-0.2, 0) is 0 Å². The minimum Gasteiger partial charge on any atom is -0.507 e. The van der Waals surface area contributed by atoms with Crippen LogP contribution >= 0.6 is 15.9 Å². The number of rotatable bonds is 2. The van der Waals surface area contributed by atoms with Gasteiger partial charge in [-0.3, -0.25) is 0 Å². The summed E-state index contributed by atoms with van der Waals surface area (Å²) in [6, 6.07) is 17.4. The highest BCUT2D eigenvalue weighted by molar-refractivity contribution is 9.10. The summed E-state index contributed by atoms with van der Waals surface area (Å²) in [5, 5.41) is 12.3. The lowest BCUT2D eigenvalue weighted by atomic mass is 10.00. The standard InChI is InChI=1S/C17H13BrO2/c1-20-13-7-6-11-9-15(17(19)10-12(11)8-13)14-4-2-3-5-16(14)18/h2-10,19H,1H3. The molecule has 0 spiro atoms. The summed E-state index contributed by atoms with van der Waals surface area (Å²) in [5.74, 6) is 1.04. The summed E-state index contributed by atoms with van der Waals surface area (Å²) < 4.78 is 6.17. The molecule has 0 bridgehead atoms. The van der Waals surface area contributed by atoms with Gasteiger partial charge in [0.05, 0.1) is 7.11 Å². The first kappa shape index (κ1) is 13.0. The van der Waals surface area contributed by atoms with Crippen LogP contribution in [0.3, 0.4) is 0 Å². The Morgan fingerprint density at radius 1 is 0.900 bits per heavy atom. The Bertz CT molecular complexity index is 781. The number of ether oxygens (including phenoxy) is 1. The largest absolute Gasteiger partial charge is 0.507 e. The van der Waals surface area contributed by atoms with Crippen LogP contribution < -0.4 is 4.74 Å². The molecule has 0 unspecified atom stereocenters. The van der Waals surface area contributed by atoms with Crippen molar-refractivity contribution in [2.24, 2.45) is 0 Å².